The summed E-state index contributed by atoms with van der Waals surface area (Å²) in [6.45, 7) is 4.60. The van der Waals surface area contributed by atoms with Gasteiger partial charge in [-0.3, -0.25) is 14.9 Å². The first-order chi connectivity index (χ1) is 10.7. The maximum atomic E-state index is 12.1. The van der Waals surface area contributed by atoms with E-state index in [1.807, 2.05) is 0 Å². The zero-order valence-corrected chi connectivity index (χ0v) is 14.5. The van der Waals surface area contributed by atoms with Gasteiger partial charge < -0.3 is 0 Å². The Morgan fingerprint density at radius 2 is 1.78 bits per heavy atom. The fourth-order valence-corrected chi connectivity index (χ4v) is 3.53. The van der Waals surface area contributed by atoms with Crippen molar-refractivity contribution < 1.29 is 18.0 Å². The van der Waals surface area contributed by atoms with E-state index in [0.717, 1.165) is 11.3 Å². The summed E-state index contributed by atoms with van der Waals surface area (Å²) in [7, 11) is -3.36. The first kappa shape index (κ1) is 17.3. The van der Waals surface area contributed by atoms with Crippen molar-refractivity contribution in [1.29, 1.82) is 0 Å². The van der Waals surface area contributed by atoms with Crippen molar-refractivity contribution in [2.24, 2.45) is 0 Å². The summed E-state index contributed by atoms with van der Waals surface area (Å²) in [4.78, 5) is 27.5. The van der Waals surface area contributed by atoms with Gasteiger partial charge in [-0.2, -0.15) is 0 Å². The zero-order chi connectivity index (χ0) is 17.2. The van der Waals surface area contributed by atoms with Crippen molar-refractivity contribution in [3.8, 4) is 0 Å². The Labute approximate surface area is 138 Å². The molecule has 0 aliphatic rings. The number of ketones is 1. The summed E-state index contributed by atoms with van der Waals surface area (Å²) in [5.74, 6) is -0.590. The van der Waals surface area contributed by atoms with Crippen LogP contribution in [0, 0.1) is 0 Å². The third kappa shape index (κ3) is 3.83. The molecule has 0 aliphatic carbocycles. The molecule has 0 unspecified atom stereocenters. The van der Waals surface area contributed by atoms with Crippen molar-refractivity contribution in [2.45, 2.75) is 30.9 Å². The zero-order valence-electron chi connectivity index (χ0n) is 12.9. The Balaban J connectivity index is 2.15. The molecule has 2 aromatic rings. The lowest BCUT2D eigenvalue weighted by atomic mass is 10.2. The Kier molecular flexibility index (Phi) is 4.96. The maximum absolute atomic E-state index is 12.1. The molecule has 1 heterocycles. The minimum absolute atomic E-state index is 0.176. The summed E-state index contributed by atoms with van der Waals surface area (Å²) in [5.41, 5.74) is 0.607. The molecule has 0 aliphatic heterocycles. The number of benzene rings is 1. The highest BCUT2D eigenvalue weighted by molar-refractivity contribution is 7.92. The first-order valence-electron chi connectivity index (χ1n) is 6.83. The summed E-state index contributed by atoms with van der Waals surface area (Å²) in [5, 5.41) is 3.94. The molecular formula is C15H16N2O4S2. The second kappa shape index (κ2) is 6.59. The van der Waals surface area contributed by atoms with Gasteiger partial charge in [0.25, 0.3) is 5.91 Å². The van der Waals surface area contributed by atoms with Crippen LogP contribution in [0.15, 0.2) is 34.5 Å². The molecule has 0 saturated heterocycles. The summed E-state index contributed by atoms with van der Waals surface area (Å²) in [6, 6.07) is 5.72. The molecule has 1 N–H and O–H groups in total. The lowest BCUT2D eigenvalue weighted by Gasteiger charge is -2.08. The van der Waals surface area contributed by atoms with Gasteiger partial charge in [-0.25, -0.2) is 13.4 Å². The van der Waals surface area contributed by atoms with E-state index in [1.165, 1.54) is 31.2 Å². The molecule has 23 heavy (non-hydrogen) atoms. The number of Topliss-reactive ketones (excluding diaryl/α,β-unsaturated/α-hetero) is 1. The van der Waals surface area contributed by atoms with E-state index in [2.05, 4.69) is 10.3 Å². The normalized spacial score (nSPS) is 11.5. The fourth-order valence-electron chi connectivity index (χ4n) is 1.73. The third-order valence-electron chi connectivity index (χ3n) is 3.15. The van der Waals surface area contributed by atoms with Gasteiger partial charge in [-0.05, 0) is 38.1 Å². The predicted molar refractivity (Wildman–Crippen MR) is 88.8 cm³/mol. The number of hydrogen-bond acceptors (Lipinski definition) is 6. The number of anilines is 1. The molecule has 6 nitrogen and oxygen atoms in total. The van der Waals surface area contributed by atoms with Crippen LogP contribution in [0.5, 0.6) is 0 Å². The number of sulfone groups is 1. The van der Waals surface area contributed by atoms with E-state index < -0.39 is 21.0 Å². The SMILES string of the molecule is CC(=O)c1csc(NC(=O)c2ccc(S(=O)(=O)C(C)C)cc2)n1. The first-order valence-corrected chi connectivity index (χ1v) is 9.26. The van der Waals surface area contributed by atoms with E-state index in [0.29, 0.717) is 16.4 Å². The molecule has 122 valence electrons. The number of hydrogen-bond donors (Lipinski definition) is 1. The van der Waals surface area contributed by atoms with E-state index in [4.69, 9.17) is 0 Å². The Morgan fingerprint density at radius 1 is 1.17 bits per heavy atom. The van der Waals surface area contributed by atoms with Crippen molar-refractivity contribution in [3.63, 3.8) is 0 Å². The lowest BCUT2D eigenvalue weighted by Crippen LogP contribution is -2.15. The van der Waals surface area contributed by atoms with Crippen molar-refractivity contribution in [2.75, 3.05) is 5.32 Å². The van der Waals surface area contributed by atoms with Crippen molar-refractivity contribution >= 4 is 38.0 Å². The van der Waals surface area contributed by atoms with Gasteiger partial charge in [-0.15, -0.1) is 11.3 Å². The van der Waals surface area contributed by atoms with Gasteiger partial charge in [0, 0.05) is 17.9 Å². The summed E-state index contributed by atoms with van der Waals surface area (Å²) in [6.07, 6.45) is 0. The van der Waals surface area contributed by atoms with Gasteiger partial charge in [0.1, 0.15) is 5.69 Å². The molecule has 0 radical (unpaired) electrons. The van der Waals surface area contributed by atoms with Gasteiger partial charge >= 0.3 is 0 Å². The molecular weight excluding hydrogens is 336 g/mol. The molecule has 0 saturated carbocycles. The Morgan fingerprint density at radius 3 is 2.26 bits per heavy atom. The highest BCUT2D eigenvalue weighted by Crippen LogP contribution is 2.19. The minimum Gasteiger partial charge on any atom is -0.298 e. The standard InChI is InChI=1S/C15H16N2O4S2/c1-9(2)23(20,21)12-6-4-11(5-7-12)14(19)17-15-16-13(8-22-15)10(3)18/h4-9H,1-3H3,(H,16,17,19). The van der Waals surface area contributed by atoms with Crippen molar-refractivity contribution in [1.82, 2.24) is 4.98 Å². The molecule has 1 aromatic carbocycles. The number of thiazole rings is 1. The van der Waals surface area contributed by atoms with Crippen LogP contribution in [0.4, 0.5) is 5.13 Å². The number of amides is 1. The second-order valence-corrected chi connectivity index (χ2v) is 8.53. The topological polar surface area (TPSA) is 93.2 Å². The summed E-state index contributed by atoms with van der Waals surface area (Å²) < 4.78 is 24.1. The molecule has 2 rings (SSSR count). The van der Waals surface area contributed by atoms with Crippen LogP contribution in [0.3, 0.4) is 0 Å². The number of aromatic nitrogens is 1. The van der Waals surface area contributed by atoms with Crippen LogP contribution in [0.1, 0.15) is 41.6 Å². The lowest BCUT2D eigenvalue weighted by molar-refractivity contribution is 0.100. The van der Waals surface area contributed by atoms with Gasteiger partial charge in [-0.1, -0.05) is 0 Å². The predicted octanol–water partition coefficient (Wildman–Crippen LogP) is 2.78. The van der Waals surface area contributed by atoms with Crippen LogP contribution in [-0.2, 0) is 9.84 Å². The van der Waals surface area contributed by atoms with E-state index in [1.54, 1.807) is 19.2 Å². The molecule has 1 aromatic heterocycles. The molecule has 8 heteroatoms. The van der Waals surface area contributed by atoms with Gasteiger partial charge in [0.15, 0.2) is 20.8 Å². The Hall–Kier alpha value is -2.06. The average Bonchev–Trinajstić information content (AvgIpc) is 2.96. The number of rotatable bonds is 5. The van der Waals surface area contributed by atoms with Crippen LogP contribution < -0.4 is 5.32 Å². The second-order valence-electron chi connectivity index (χ2n) is 5.17. The van der Waals surface area contributed by atoms with Gasteiger partial charge in [0.2, 0.25) is 0 Å². The highest BCUT2D eigenvalue weighted by atomic mass is 32.2. The number of nitrogens with zero attached hydrogens (tertiary/aromatic N) is 1. The maximum Gasteiger partial charge on any atom is 0.257 e. The van der Waals surface area contributed by atoms with Crippen molar-refractivity contribution in [3.05, 3.63) is 40.9 Å². The van der Waals surface area contributed by atoms with Crippen LogP contribution in [-0.4, -0.2) is 30.3 Å². The largest absolute Gasteiger partial charge is 0.298 e. The smallest absolute Gasteiger partial charge is 0.257 e. The average molecular weight is 352 g/mol. The number of nitrogens with one attached hydrogen (secondary N) is 1. The minimum atomic E-state index is -3.36. The third-order valence-corrected chi connectivity index (χ3v) is 6.08. The molecule has 0 spiro atoms. The number of carbonyl (C=O) groups excluding carboxylic acids is 2. The molecule has 0 bridgehead atoms. The molecule has 0 fully saturated rings. The Bertz CT molecular complexity index is 837. The monoisotopic (exact) mass is 352 g/mol. The van der Waals surface area contributed by atoms with Crippen LogP contribution in [0.2, 0.25) is 0 Å². The van der Waals surface area contributed by atoms with Crippen LogP contribution in [0.25, 0.3) is 0 Å². The molecule has 0 atom stereocenters. The fraction of sp³-hybridized carbons (Fsp3) is 0.267. The van der Waals surface area contributed by atoms with Gasteiger partial charge in [0.05, 0.1) is 10.1 Å². The summed E-state index contributed by atoms with van der Waals surface area (Å²) >= 11 is 1.15. The van der Waals surface area contributed by atoms with E-state index in [-0.39, 0.29) is 10.7 Å². The molecule has 1 amide bonds. The quantitative estimate of drug-likeness (QED) is 0.835. The van der Waals surface area contributed by atoms with E-state index in [9.17, 15) is 18.0 Å². The highest BCUT2D eigenvalue weighted by Gasteiger charge is 2.19. The number of carbonyl (C=O) groups is 2. The van der Waals surface area contributed by atoms with E-state index >= 15 is 0 Å². The van der Waals surface area contributed by atoms with Crippen LogP contribution >= 0.6 is 11.3 Å².